The summed E-state index contributed by atoms with van der Waals surface area (Å²) in [6, 6.07) is 9.16. The fraction of sp³-hybridized carbons (Fsp3) is 0.0667. The first-order valence-corrected chi connectivity index (χ1v) is 6.02. The molecule has 0 aromatic heterocycles. The maximum absolute atomic E-state index is 13.5. The maximum atomic E-state index is 13.5. The third-order valence-electron chi connectivity index (χ3n) is 2.58. The second-order valence-corrected chi connectivity index (χ2v) is 4.12. The molecule has 2 rings (SSSR count). The Morgan fingerprint density at radius 2 is 1.95 bits per heavy atom. The van der Waals surface area contributed by atoms with E-state index in [0.717, 1.165) is 12.1 Å². The van der Waals surface area contributed by atoms with Crippen LogP contribution in [0.2, 0.25) is 0 Å². The van der Waals surface area contributed by atoms with Crippen molar-refractivity contribution in [1.29, 1.82) is 0 Å². The number of halogens is 2. The Labute approximate surface area is 119 Å². The zero-order valence-corrected chi connectivity index (χ0v) is 10.8. The molecule has 4 nitrogen and oxygen atoms in total. The molecule has 0 atom stereocenters. The molecule has 0 heterocycles. The van der Waals surface area contributed by atoms with Gasteiger partial charge in [-0.1, -0.05) is 12.1 Å². The van der Waals surface area contributed by atoms with Gasteiger partial charge in [0.05, 0.1) is 5.56 Å². The van der Waals surface area contributed by atoms with Crippen LogP contribution >= 0.6 is 0 Å². The molecule has 0 radical (unpaired) electrons. The fourth-order valence-electron chi connectivity index (χ4n) is 1.67. The summed E-state index contributed by atoms with van der Waals surface area (Å²) in [7, 11) is 0. The van der Waals surface area contributed by atoms with E-state index in [-0.39, 0.29) is 17.0 Å². The Morgan fingerprint density at radius 3 is 2.67 bits per heavy atom. The van der Waals surface area contributed by atoms with Crippen LogP contribution < -0.4 is 10.1 Å². The van der Waals surface area contributed by atoms with Crippen LogP contribution in [0, 0.1) is 11.6 Å². The molecule has 0 spiro atoms. The van der Waals surface area contributed by atoms with Crippen molar-refractivity contribution in [1.82, 2.24) is 0 Å². The van der Waals surface area contributed by atoms with Crippen LogP contribution in [0.25, 0.3) is 0 Å². The van der Waals surface area contributed by atoms with Gasteiger partial charge in [0.2, 0.25) is 0 Å². The number of para-hydroxylation sites is 1. The second kappa shape index (κ2) is 6.60. The highest BCUT2D eigenvalue weighted by atomic mass is 19.1. The first-order chi connectivity index (χ1) is 10.1. The lowest BCUT2D eigenvalue weighted by Crippen LogP contribution is -2.21. The van der Waals surface area contributed by atoms with Crippen LogP contribution in [0.5, 0.6) is 5.75 Å². The molecular formula is C15H11F2NO3. The summed E-state index contributed by atoms with van der Waals surface area (Å²) in [6.45, 7) is -0.502. The number of nitrogens with one attached hydrogen (secondary N) is 1. The van der Waals surface area contributed by atoms with Gasteiger partial charge in [-0.25, -0.2) is 8.78 Å². The minimum absolute atomic E-state index is 0.00792. The van der Waals surface area contributed by atoms with Crippen LogP contribution in [0.1, 0.15) is 10.4 Å². The average Bonchev–Trinajstić information content (AvgIpc) is 2.45. The van der Waals surface area contributed by atoms with E-state index in [4.69, 9.17) is 4.74 Å². The van der Waals surface area contributed by atoms with E-state index in [1.807, 2.05) is 0 Å². The second-order valence-electron chi connectivity index (χ2n) is 4.12. The first kappa shape index (κ1) is 14.6. The molecule has 6 heteroatoms. The number of aldehydes is 1. The molecular weight excluding hydrogens is 280 g/mol. The largest absolute Gasteiger partial charge is 0.480 e. The van der Waals surface area contributed by atoms with Crippen molar-refractivity contribution in [3.05, 3.63) is 59.7 Å². The summed E-state index contributed by atoms with van der Waals surface area (Å²) >= 11 is 0. The number of benzene rings is 2. The van der Waals surface area contributed by atoms with Crippen LogP contribution in [-0.2, 0) is 4.79 Å². The van der Waals surface area contributed by atoms with Gasteiger partial charge in [0, 0.05) is 5.69 Å². The van der Waals surface area contributed by atoms with Crippen molar-refractivity contribution in [3.63, 3.8) is 0 Å². The highest BCUT2D eigenvalue weighted by Crippen LogP contribution is 2.21. The quantitative estimate of drug-likeness (QED) is 0.862. The summed E-state index contributed by atoms with van der Waals surface area (Å²) in [4.78, 5) is 22.4. The number of carbonyl (C=O) groups is 2. The van der Waals surface area contributed by atoms with E-state index < -0.39 is 24.1 Å². The minimum atomic E-state index is -0.738. The molecule has 108 valence electrons. The molecule has 2 aromatic carbocycles. The molecule has 1 N–H and O–H groups in total. The number of carbonyl (C=O) groups excluding carboxylic acids is 2. The highest BCUT2D eigenvalue weighted by Gasteiger charge is 2.11. The van der Waals surface area contributed by atoms with Crippen LogP contribution in [0.4, 0.5) is 14.5 Å². The van der Waals surface area contributed by atoms with Gasteiger partial charge in [-0.2, -0.15) is 0 Å². The number of anilines is 1. The zero-order chi connectivity index (χ0) is 15.2. The summed E-state index contributed by atoms with van der Waals surface area (Å²) in [6.07, 6.45) is 0.433. The molecule has 0 aliphatic heterocycles. The van der Waals surface area contributed by atoms with Gasteiger partial charge >= 0.3 is 0 Å². The van der Waals surface area contributed by atoms with Gasteiger partial charge in [-0.05, 0) is 30.3 Å². The van der Waals surface area contributed by atoms with Crippen LogP contribution in [0.15, 0.2) is 42.5 Å². The van der Waals surface area contributed by atoms with E-state index in [1.165, 1.54) is 30.3 Å². The van der Waals surface area contributed by atoms with Crippen LogP contribution in [-0.4, -0.2) is 18.8 Å². The molecule has 0 aliphatic carbocycles. The van der Waals surface area contributed by atoms with Gasteiger partial charge in [0.15, 0.2) is 24.5 Å². The molecule has 0 saturated carbocycles. The number of amides is 1. The molecule has 1 amide bonds. The summed E-state index contributed by atoms with van der Waals surface area (Å²) < 4.78 is 31.5. The minimum Gasteiger partial charge on any atom is -0.480 e. The van der Waals surface area contributed by atoms with E-state index in [2.05, 4.69) is 5.32 Å². The van der Waals surface area contributed by atoms with Gasteiger partial charge < -0.3 is 10.1 Å². The van der Waals surface area contributed by atoms with Crippen molar-refractivity contribution < 1.29 is 23.1 Å². The van der Waals surface area contributed by atoms with Gasteiger partial charge in [-0.15, -0.1) is 0 Å². The predicted octanol–water partition coefficient (Wildman–Crippen LogP) is 2.79. The van der Waals surface area contributed by atoms with E-state index >= 15 is 0 Å². The fourth-order valence-corrected chi connectivity index (χ4v) is 1.67. The Kier molecular flexibility index (Phi) is 4.61. The normalized spacial score (nSPS) is 10.0. The number of rotatable bonds is 5. The lowest BCUT2D eigenvalue weighted by atomic mass is 10.2. The van der Waals surface area contributed by atoms with E-state index in [0.29, 0.717) is 6.29 Å². The van der Waals surface area contributed by atoms with Crippen molar-refractivity contribution in [3.8, 4) is 5.75 Å². The summed E-state index contributed by atoms with van der Waals surface area (Å²) in [5, 5.41) is 2.40. The third-order valence-corrected chi connectivity index (χ3v) is 2.58. The van der Waals surface area contributed by atoms with Gasteiger partial charge in [0.1, 0.15) is 5.82 Å². The lowest BCUT2D eigenvalue weighted by molar-refractivity contribution is -0.118. The maximum Gasteiger partial charge on any atom is 0.262 e. The third kappa shape index (κ3) is 3.85. The standard InChI is InChI=1S/C15H11F2NO3/c16-11-4-2-5-12(7-11)18-14(20)9-21-15-10(8-19)3-1-6-13(15)17/h1-8H,9H2,(H,18,20). The Bertz CT molecular complexity index is 674. The molecule has 0 fully saturated rings. The molecule has 2 aromatic rings. The molecule has 0 aliphatic rings. The first-order valence-electron chi connectivity index (χ1n) is 6.02. The monoisotopic (exact) mass is 291 g/mol. The molecule has 0 saturated heterocycles. The summed E-state index contributed by atoms with van der Waals surface area (Å²) in [5.41, 5.74) is 0.265. The Hall–Kier alpha value is -2.76. The molecule has 0 unspecified atom stereocenters. The Balaban J connectivity index is 2.00. The van der Waals surface area contributed by atoms with Crippen molar-refractivity contribution in [2.45, 2.75) is 0 Å². The highest BCUT2D eigenvalue weighted by molar-refractivity contribution is 5.92. The van der Waals surface area contributed by atoms with E-state index in [9.17, 15) is 18.4 Å². The van der Waals surface area contributed by atoms with E-state index in [1.54, 1.807) is 0 Å². The predicted molar refractivity (Wildman–Crippen MR) is 72.3 cm³/mol. The number of hydrogen-bond acceptors (Lipinski definition) is 3. The van der Waals surface area contributed by atoms with Crippen molar-refractivity contribution in [2.75, 3.05) is 11.9 Å². The van der Waals surface area contributed by atoms with Gasteiger partial charge in [-0.3, -0.25) is 9.59 Å². The van der Waals surface area contributed by atoms with Gasteiger partial charge in [0.25, 0.3) is 5.91 Å². The van der Waals surface area contributed by atoms with Crippen LogP contribution in [0.3, 0.4) is 0 Å². The Morgan fingerprint density at radius 1 is 1.19 bits per heavy atom. The van der Waals surface area contributed by atoms with Crippen molar-refractivity contribution in [2.24, 2.45) is 0 Å². The number of hydrogen-bond donors (Lipinski definition) is 1. The summed E-state index contributed by atoms with van der Waals surface area (Å²) in [5.74, 6) is -2.12. The lowest BCUT2D eigenvalue weighted by Gasteiger charge is -2.09. The average molecular weight is 291 g/mol. The molecule has 0 bridgehead atoms. The smallest absolute Gasteiger partial charge is 0.262 e. The van der Waals surface area contributed by atoms with Crippen molar-refractivity contribution >= 4 is 17.9 Å². The topological polar surface area (TPSA) is 55.4 Å². The SMILES string of the molecule is O=Cc1cccc(F)c1OCC(=O)Nc1cccc(F)c1. The molecule has 21 heavy (non-hydrogen) atoms. The zero-order valence-electron chi connectivity index (χ0n) is 10.8. The number of ether oxygens (including phenoxy) is 1.